The number of hydrogen-bond acceptors (Lipinski definition) is 1. The first kappa shape index (κ1) is 12.3. The largest absolute Gasteiger partial charge is 0.310 e. The molecule has 0 aliphatic rings. The summed E-state index contributed by atoms with van der Waals surface area (Å²) in [5.41, 5.74) is 2.79. The summed E-state index contributed by atoms with van der Waals surface area (Å²) >= 11 is 0. The average molecular weight is 205 g/mol. The summed E-state index contributed by atoms with van der Waals surface area (Å²) < 4.78 is 0. The topological polar surface area (TPSA) is 12.0 Å². The summed E-state index contributed by atoms with van der Waals surface area (Å²) in [5, 5.41) is 3.57. The minimum Gasteiger partial charge on any atom is -0.310 e. The highest BCUT2D eigenvalue weighted by molar-refractivity contribution is 5.28. The van der Waals surface area contributed by atoms with Gasteiger partial charge >= 0.3 is 0 Å². The molecule has 1 heteroatoms. The van der Waals surface area contributed by atoms with Crippen molar-refractivity contribution in [2.24, 2.45) is 5.92 Å². The van der Waals surface area contributed by atoms with Gasteiger partial charge in [0.05, 0.1) is 0 Å². The molecule has 0 saturated carbocycles. The SMILES string of the molecule is Cc1ccccc1[C@@H](C)NCCC(C)C. The van der Waals surface area contributed by atoms with E-state index in [0.29, 0.717) is 6.04 Å². The van der Waals surface area contributed by atoms with Gasteiger partial charge in [0.15, 0.2) is 0 Å². The maximum atomic E-state index is 3.57. The van der Waals surface area contributed by atoms with Gasteiger partial charge in [0, 0.05) is 6.04 Å². The summed E-state index contributed by atoms with van der Waals surface area (Å²) in [7, 11) is 0. The van der Waals surface area contributed by atoms with Crippen molar-refractivity contribution >= 4 is 0 Å². The molecule has 0 radical (unpaired) electrons. The minimum atomic E-state index is 0.463. The summed E-state index contributed by atoms with van der Waals surface area (Å²) in [4.78, 5) is 0. The van der Waals surface area contributed by atoms with E-state index < -0.39 is 0 Å². The van der Waals surface area contributed by atoms with Gasteiger partial charge in [0.2, 0.25) is 0 Å². The highest BCUT2D eigenvalue weighted by atomic mass is 14.9. The van der Waals surface area contributed by atoms with Crippen LogP contribution in [0.25, 0.3) is 0 Å². The molecule has 1 rings (SSSR count). The van der Waals surface area contributed by atoms with Gasteiger partial charge in [-0.2, -0.15) is 0 Å². The Bertz CT molecular complexity index is 291. The van der Waals surface area contributed by atoms with Crippen LogP contribution < -0.4 is 5.32 Å². The molecule has 1 N–H and O–H groups in total. The van der Waals surface area contributed by atoms with E-state index in [9.17, 15) is 0 Å². The molecule has 0 amide bonds. The third-order valence-corrected chi connectivity index (χ3v) is 2.83. The molecular formula is C14H23N. The van der Waals surface area contributed by atoms with Gasteiger partial charge in [-0.3, -0.25) is 0 Å². The molecule has 1 atom stereocenters. The lowest BCUT2D eigenvalue weighted by Gasteiger charge is -2.17. The van der Waals surface area contributed by atoms with E-state index in [1.165, 1.54) is 17.5 Å². The highest BCUT2D eigenvalue weighted by Gasteiger charge is 2.06. The molecule has 0 saturated heterocycles. The van der Waals surface area contributed by atoms with Gasteiger partial charge in [0.1, 0.15) is 0 Å². The Labute approximate surface area is 93.9 Å². The van der Waals surface area contributed by atoms with Crippen LogP contribution in [0.4, 0.5) is 0 Å². The Kier molecular flexibility index (Phi) is 4.83. The highest BCUT2D eigenvalue weighted by Crippen LogP contribution is 2.16. The zero-order valence-electron chi connectivity index (χ0n) is 10.4. The van der Waals surface area contributed by atoms with Crippen LogP contribution in [0.1, 0.15) is 44.4 Å². The van der Waals surface area contributed by atoms with Gasteiger partial charge < -0.3 is 5.32 Å². The van der Waals surface area contributed by atoms with Crippen LogP contribution >= 0.6 is 0 Å². The van der Waals surface area contributed by atoms with E-state index in [0.717, 1.165) is 12.5 Å². The molecule has 1 aromatic carbocycles. The van der Waals surface area contributed by atoms with Crippen molar-refractivity contribution in [3.63, 3.8) is 0 Å². The smallest absolute Gasteiger partial charge is 0.0294 e. The standard InChI is InChI=1S/C14H23N/c1-11(2)9-10-15-13(4)14-8-6-5-7-12(14)3/h5-8,11,13,15H,9-10H2,1-4H3/t13-/m1/s1. The Hall–Kier alpha value is -0.820. The number of benzene rings is 1. The zero-order chi connectivity index (χ0) is 11.3. The molecule has 1 aromatic rings. The van der Waals surface area contributed by atoms with Crippen LogP contribution in [-0.4, -0.2) is 6.54 Å². The maximum Gasteiger partial charge on any atom is 0.0294 e. The molecule has 0 fully saturated rings. The Morgan fingerprint density at radius 2 is 1.80 bits per heavy atom. The van der Waals surface area contributed by atoms with Crippen LogP contribution in [0.2, 0.25) is 0 Å². The fourth-order valence-electron chi connectivity index (χ4n) is 1.77. The second-order valence-electron chi connectivity index (χ2n) is 4.71. The zero-order valence-corrected chi connectivity index (χ0v) is 10.4. The summed E-state index contributed by atoms with van der Waals surface area (Å²) in [6.07, 6.45) is 1.25. The number of nitrogens with one attached hydrogen (secondary N) is 1. The Balaban J connectivity index is 2.47. The van der Waals surface area contributed by atoms with Crippen molar-refractivity contribution in [2.75, 3.05) is 6.54 Å². The normalized spacial score (nSPS) is 13.1. The molecule has 0 heterocycles. The lowest BCUT2D eigenvalue weighted by molar-refractivity contribution is 0.496. The minimum absolute atomic E-state index is 0.463. The molecular weight excluding hydrogens is 182 g/mol. The quantitative estimate of drug-likeness (QED) is 0.773. The number of rotatable bonds is 5. The molecule has 0 aliphatic heterocycles. The predicted molar refractivity (Wildman–Crippen MR) is 67.1 cm³/mol. The molecule has 0 bridgehead atoms. The first-order chi connectivity index (χ1) is 7.11. The van der Waals surface area contributed by atoms with Gasteiger partial charge in [0.25, 0.3) is 0 Å². The molecule has 15 heavy (non-hydrogen) atoms. The lowest BCUT2D eigenvalue weighted by atomic mass is 10.0. The van der Waals surface area contributed by atoms with Gasteiger partial charge in [-0.25, -0.2) is 0 Å². The first-order valence-electron chi connectivity index (χ1n) is 5.90. The Morgan fingerprint density at radius 1 is 1.13 bits per heavy atom. The first-order valence-corrected chi connectivity index (χ1v) is 5.90. The van der Waals surface area contributed by atoms with E-state index in [-0.39, 0.29) is 0 Å². The van der Waals surface area contributed by atoms with Crippen LogP contribution in [0.5, 0.6) is 0 Å². The summed E-state index contributed by atoms with van der Waals surface area (Å²) in [6, 6.07) is 9.06. The predicted octanol–water partition coefficient (Wildman–Crippen LogP) is 3.69. The van der Waals surface area contributed by atoms with E-state index in [4.69, 9.17) is 0 Å². The second-order valence-corrected chi connectivity index (χ2v) is 4.71. The fourth-order valence-corrected chi connectivity index (χ4v) is 1.77. The fraction of sp³-hybridized carbons (Fsp3) is 0.571. The van der Waals surface area contributed by atoms with Gasteiger partial charge in [-0.1, -0.05) is 38.1 Å². The average Bonchev–Trinajstić information content (AvgIpc) is 2.17. The van der Waals surface area contributed by atoms with Crippen molar-refractivity contribution < 1.29 is 0 Å². The molecule has 1 nitrogen and oxygen atoms in total. The van der Waals surface area contributed by atoms with Crippen LogP contribution in [0.15, 0.2) is 24.3 Å². The summed E-state index contributed by atoms with van der Waals surface area (Å²) in [6.45, 7) is 10.0. The Morgan fingerprint density at radius 3 is 2.40 bits per heavy atom. The van der Waals surface area contributed by atoms with E-state index in [1.807, 2.05) is 0 Å². The van der Waals surface area contributed by atoms with Crippen LogP contribution in [-0.2, 0) is 0 Å². The van der Waals surface area contributed by atoms with Crippen molar-refractivity contribution in [3.8, 4) is 0 Å². The van der Waals surface area contributed by atoms with Crippen molar-refractivity contribution in [1.82, 2.24) is 5.32 Å². The van der Waals surface area contributed by atoms with Crippen LogP contribution in [0.3, 0.4) is 0 Å². The van der Waals surface area contributed by atoms with E-state index >= 15 is 0 Å². The van der Waals surface area contributed by atoms with Gasteiger partial charge in [-0.05, 0) is 43.9 Å². The van der Waals surface area contributed by atoms with Crippen molar-refractivity contribution in [2.45, 2.75) is 40.2 Å². The van der Waals surface area contributed by atoms with Crippen molar-refractivity contribution in [3.05, 3.63) is 35.4 Å². The third-order valence-electron chi connectivity index (χ3n) is 2.83. The molecule has 0 spiro atoms. The van der Waals surface area contributed by atoms with E-state index in [2.05, 4.69) is 57.3 Å². The molecule has 0 aromatic heterocycles. The van der Waals surface area contributed by atoms with Crippen LogP contribution in [0, 0.1) is 12.8 Å². The number of hydrogen-bond donors (Lipinski definition) is 1. The summed E-state index contributed by atoms with van der Waals surface area (Å²) in [5.74, 6) is 0.779. The monoisotopic (exact) mass is 205 g/mol. The van der Waals surface area contributed by atoms with E-state index in [1.54, 1.807) is 0 Å². The van der Waals surface area contributed by atoms with Gasteiger partial charge in [-0.15, -0.1) is 0 Å². The third kappa shape index (κ3) is 4.05. The molecule has 0 unspecified atom stereocenters. The maximum absolute atomic E-state index is 3.57. The lowest BCUT2D eigenvalue weighted by Crippen LogP contribution is -2.21. The molecule has 0 aliphatic carbocycles. The second kappa shape index (κ2) is 5.92. The number of aryl methyl sites for hydroxylation is 1. The van der Waals surface area contributed by atoms with Crippen molar-refractivity contribution in [1.29, 1.82) is 0 Å². The molecule has 84 valence electrons.